The molecular formula is C14H21ClN2OS. The van der Waals surface area contributed by atoms with Gasteiger partial charge >= 0.3 is 0 Å². The fourth-order valence-corrected chi connectivity index (χ4v) is 2.66. The van der Waals surface area contributed by atoms with E-state index in [-0.39, 0.29) is 11.2 Å². The van der Waals surface area contributed by atoms with Gasteiger partial charge in [-0.3, -0.25) is 4.79 Å². The lowest BCUT2D eigenvalue weighted by Crippen LogP contribution is -2.25. The highest BCUT2D eigenvalue weighted by atomic mass is 35.5. The third-order valence-electron chi connectivity index (χ3n) is 2.99. The van der Waals surface area contributed by atoms with Crippen molar-refractivity contribution >= 4 is 40.6 Å². The zero-order chi connectivity index (χ0) is 14.6. The van der Waals surface area contributed by atoms with Crippen molar-refractivity contribution < 1.29 is 4.79 Å². The van der Waals surface area contributed by atoms with Crippen LogP contribution in [0.5, 0.6) is 0 Å². The Morgan fingerprint density at radius 1 is 1.32 bits per heavy atom. The normalized spacial score (nSPS) is 14.2. The second-order valence-corrected chi connectivity index (χ2v) is 7.08. The summed E-state index contributed by atoms with van der Waals surface area (Å²) in [6.07, 6.45) is 0. The van der Waals surface area contributed by atoms with Crippen molar-refractivity contribution in [1.29, 1.82) is 0 Å². The number of halogens is 1. The first-order chi connectivity index (χ1) is 8.81. The van der Waals surface area contributed by atoms with Crippen LogP contribution in [0.2, 0.25) is 5.02 Å². The van der Waals surface area contributed by atoms with Gasteiger partial charge in [0.05, 0.1) is 16.0 Å². The molecule has 0 heterocycles. The van der Waals surface area contributed by atoms with Crippen molar-refractivity contribution in [3.05, 3.63) is 23.2 Å². The molecule has 1 aromatic rings. The second-order valence-electron chi connectivity index (χ2n) is 4.95. The highest BCUT2D eigenvalue weighted by molar-refractivity contribution is 8.01. The molecule has 0 aliphatic heterocycles. The van der Waals surface area contributed by atoms with Gasteiger partial charge in [0, 0.05) is 10.9 Å². The van der Waals surface area contributed by atoms with Gasteiger partial charge in [-0.05, 0) is 31.0 Å². The topological polar surface area (TPSA) is 55.1 Å². The van der Waals surface area contributed by atoms with Crippen molar-refractivity contribution in [2.24, 2.45) is 5.92 Å². The molecule has 2 atom stereocenters. The van der Waals surface area contributed by atoms with Crippen LogP contribution in [0.25, 0.3) is 0 Å². The van der Waals surface area contributed by atoms with E-state index in [1.54, 1.807) is 30.0 Å². The molecule has 3 nitrogen and oxygen atoms in total. The van der Waals surface area contributed by atoms with E-state index in [1.807, 2.05) is 6.92 Å². The Kier molecular flexibility index (Phi) is 6.01. The van der Waals surface area contributed by atoms with Gasteiger partial charge in [-0.2, -0.15) is 0 Å². The van der Waals surface area contributed by atoms with Crippen LogP contribution in [0.1, 0.15) is 27.7 Å². The van der Waals surface area contributed by atoms with E-state index < -0.39 is 0 Å². The molecule has 0 bridgehead atoms. The number of nitrogen functional groups attached to an aromatic ring is 1. The molecule has 1 aromatic carbocycles. The predicted molar refractivity (Wildman–Crippen MR) is 85.8 cm³/mol. The zero-order valence-electron chi connectivity index (χ0n) is 11.7. The lowest BCUT2D eigenvalue weighted by Gasteiger charge is -2.19. The molecule has 0 radical (unpaired) electrons. The van der Waals surface area contributed by atoms with Crippen LogP contribution >= 0.6 is 23.4 Å². The van der Waals surface area contributed by atoms with E-state index in [2.05, 4.69) is 26.1 Å². The predicted octanol–water partition coefficient (Wildman–Crippen LogP) is 4.03. The number of nitrogens with two attached hydrogens (primary N) is 1. The molecule has 1 amide bonds. The Balaban J connectivity index is 2.61. The van der Waals surface area contributed by atoms with Gasteiger partial charge in [0.1, 0.15) is 0 Å². The minimum atomic E-state index is -0.102. The number of amides is 1. The number of thioether (sulfide) groups is 1. The molecule has 106 valence electrons. The monoisotopic (exact) mass is 300 g/mol. The van der Waals surface area contributed by atoms with Crippen molar-refractivity contribution in [3.8, 4) is 0 Å². The highest BCUT2D eigenvalue weighted by Gasteiger charge is 2.18. The molecule has 5 heteroatoms. The Morgan fingerprint density at radius 2 is 1.95 bits per heavy atom. The summed E-state index contributed by atoms with van der Waals surface area (Å²) in [7, 11) is 0. The zero-order valence-corrected chi connectivity index (χ0v) is 13.3. The van der Waals surface area contributed by atoms with Gasteiger partial charge in [0.15, 0.2) is 0 Å². The minimum Gasteiger partial charge on any atom is -0.397 e. The van der Waals surface area contributed by atoms with E-state index in [4.69, 9.17) is 17.3 Å². The first-order valence-corrected chi connectivity index (χ1v) is 7.64. The van der Waals surface area contributed by atoms with Crippen LogP contribution < -0.4 is 11.1 Å². The fraction of sp³-hybridized carbons (Fsp3) is 0.500. The first kappa shape index (κ1) is 16.2. The lowest BCUT2D eigenvalue weighted by molar-refractivity contribution is -0.115. The van der Waals surface area contributed by atoms with Crippen LogP contribution in [0, 0.1) is 5.92 Å². The van der Waals surface area contributed by atoms with Crippen LogP contribution in [-0.2, 0) is 4.79 Å². The molecular weight excluding hydrogens is 280 g/mol. The summed E-state index contributed by atoms with van der Waals surface area (Å²) in [6, 6.07) is 5.10. The molecule has 0 aromatic heterocycles. The molecule has 0 spiro atoms. The molecule has 0 saturated carbocycles. The summed E-state index contributed by atoms with van der Waals surface area (Å²) >= 11 is 7.51. The van der Waals surface area contributed by atoms with E-state index in [0.717, 1.165) is 0 Å². The number of benzene rings is 1. The maximum Gasteiger partial charge on any atom is 0.237 e. The molecule has 2 unspecified atom stereocenters. The number of hydrogen-bond donors (Lipinski definition) is 2. The molecule has 0 fully saturated rings. The third kappa shape index (κ3) is 4.96. The van der Waals surface area contributed by atoms with Crippen LogP contribution in [-0.4, -0.2) is 16.4 Å². The Labute approximate surface area is 124 Å². The summed E-state index contributed by atoms with van der Waals surface area (Å²) < 4.78 is 0. The van der Waals surface area contributed by atoms with Crippen molar-refractivity contribution in [2.75, 3.05) is 11.1 Å². The molecule has 0 aliphatic carbocycles. The summed E-state index contributed by atoms with van der Waals surface area (Å²) in [5.74, 6) is 0.533. The number of hydrogen-bond acceptors (Lipinski definition) is 3. The highest BCUT2D eigenvalue weighted by Crippen LogP contribution is 2.26. The van der Waals surface area contributed by atoms with E-state index >= 15 is 0 Å². The number of anilines is 2. The number of nitrogens with one attached hydrogen (secondary N) is 1. The molecule has 3 N–H and O–H groups in total. The number of carbonyl (C=O) groups is 1. The van der Waals surface area contributed by atoms with Gasteiger partial charge in [-0.15, -0.1) is 11.8 Å². The van der Waals surface area contributed by atoms with Crippen molar-refractivity contribution in [1.82, 2.24) is 0 Å². The number of rotatable bonds is 5. The Morgan fingerprint density at radius 3 is 2.47 bits per heavy atom. The van der Waals surface area contributed by atoms with Gasteiger partial charge in [-0.25, -0.2) is 0 Å². The summed E-state index contributed by atoms with van der Waals surface area (Å²) in [5.41, 5.74) is 6.85. The Bertz CT molecular complexity index is 451. The van der Waals surface area contributed by atoms with Crippen LogP contribution in [0.3, 0.4) is 0 Å². The molecule has 1 rings (SSSR count). The summed E-state index contributed by atoms with van der Waals surface area (Å²) in [5, 5.41) is 3.69. The van der Waals surface area contributed by atoms with Crippen LogP contribution in [0.4, 0.5) is 11.4 Å². The Hall–Kier alpha value is -0.870. The van der Waals surface area contributed by atoms with Gasteiger partial charge in [0.25, 0.3) is 0 Å². The SMILES string of the molecule is CC(SC(C)C(C)C)C(=O)Nc1ccc(Cl)c(N)c1. The smallest absolute Gasteiger partial charge is 0.237 e. The fourth-order valence-electron chi connectivity index (χ4n) is 1.41. The first-order valence-electron chi connectivity index (χ1n) is 6.32. The van der Waals surface area contributed by atoms with Crippen molar-refractivity contribution in [2.45, 2.75) is 38.2 Å². The average Bonchev–Trinajstić information content (AvgIpc) is 2.33. The maximum atomic E-state index is 12.1. The second kappa shape index (κ2) is 7.06. The molecule has 0 saturated heterocycles. The van der Waals surface area contributed by atoms with E-state index in [9.17, 15) is 4.79 Å². The summed E-state index contributed by atoms with van der Waals surface area (Å²) in [4.78, 5) is 12.1. The number of carbonyl (C=O) groups excluding carboxylic acids is 1. The molecule has 19 heavy (non-hydrogen) atoms. The van der Waals surface area contributed by atoms with Gasteiger partial charge < -0.3 is 11.1 Å². The minimum absolute atomic E-state index is 0.0146. The lowest BCUT2D eigenvalue weighted by atomic mass is 10.2. The quantitative estimate of drug-likeness (QED) is 0.807. The van der Waals surface area contributed by atoms with Gasteiger partial charge in [0.2, 0.25) is 5.91 Å². The van der Waals surface area contributed by atoms with Gasteiger partial charge in [-0.1, -0.05) is 32.4 Å². The van der Waals surface area contributed by atoms with Crippen LogP contribution in [0.15, 0.2) is 18.2 Å². The van der Waals surface area contributed by atoms with E-state index in [1.165, 1.54) is 0 Å². The largest absolute Gasteiger partial charge is 0.397 e. The third-order valence-corrected chi connectivity index (χ3v) is 4.93. The van der Waals surface area contributed by atoms with E-state index in [0.29, 0.717) is 27.6 Å². The van der Waals surface area contributed by atoms with Crippen molar-refractivity contribution in [3.63, 3.8) is 0 Å². The standard InChI is InChI=1S/C14H21ClN2OS/c1-8(2)9(3)19-10(4)14(18)17-11-5-6-12(15)13(16)7-11/h5-10H,16H2,1-4H3,(H,17,18). The maximum absolute atomic E-state index is 12.1. The summed E-state index contributed by atoms with van der Waals surface area (Å²) in [6.45, 7) is 8.36. The average molecular weight is 301 g/mol. The molecule has 0 aliphatic rings.